The molecule has 0 spiro atoms. The standard InChI is InChI=1S/C17H20N6O.C15H18N4O2/c1-3-23-9-13(7-20-23)15-8-19-16(6-12(15)2)17(24)21-14-4-5-22(10-14)11-18;16-11-18-7-6-12(8-18)17-15(20)19-9-14(10-19)21-13-4-2-1-3-5-13/h6-9,14H,3-5,10H2,1-2H3,(H,21,24);1-5,12,14H,6-10H2,(H,17,20)/t14-;12-/m11/s1. The van der Waals surface area contributed by atoms with Crippen LogP contribution in [0.2, 0.25) is 0 Å². The summed E-state index contributed by atoms with van der Waals surface area (Å²) in [7, 11) is 0. The molecule has 6 rings (SSSR count). The number of rotatable bonds is 7. The van der Waals surface area contributed by atoms with Crippen LogP contribution in [0.1, 0.15) is 35.8 Å². The van der Waals surface area contributed by atoms with Gasteiger partial charge in [0.25, 0.3) is 5.91 Å². The van der Waals surface area contributed by atoms with Crippen LogP contribution in [0, 0.1) is 29.8 Å². The highest BCUT2D eigenvalue weighted by atomic mass is 16.5. The zero-order valence-electron chi connectivity index (χ0n) is 25.6. The molecule has 2 aromatic heterocycles. The van der Waals surface area contributed by atoms with Crippen LogP contribution in [-0.4, -0.2) is 98.9 Å². The van der Waals surface area contributed by atoms with Gasteiger partial charge in [0.1, 0.15) is 17.5 Å². The largest absolute Gasteiger partial charge is 0.487 e. The molecule has 13 nitrogen and oxygen atoms in total. The first-order valence-corrected chi connectivity index (χ1v) is 15.2. The number of nitrogens with zero attached hydrogens (tertiary/aromatic N) is 8. The van der Waals surface area contributed by atoms with Crippen molar-refractivity contribution in [2.24, 2.45) is 0 Å². The third-order valence-electron chi connectivity index (χ3n) is 8.12. The Hall–Kier alpha value is -5.30. The molecular formula is C32H38N10O3. The van der Waals surface area contributed by atoms with Gasteiger partial charge in [0, 0.05) is 62.3 Å². The van der Waals surface area contributed by atoms with Crippen molar-refractivity contribution in [2.45, 2.75) is 51.4 Å². The van der Waals surface area contributed by atoms with E-state index < -0.39 is 0 Å². The number of carbonyl (C=O) groups is 2. The van der Waals surface area contributed by atoms with Crippen molar-refractivity contribution in [2.75, 3.05) is 39.3 Å². The number of urea groups is 1. The highest BCUT2D eigenvalue weighted by Crippen LogP contribution is 2.23. The number of aromatic nitrogens is 3. The number of hydrogen-bond donors (Lipinski definition) is 2. The molecule has 3 aliphatic rings. The Labute approximate surface area is 263 Å². The molecule has 0 unspecified atom stereocenters. The van der Waals surface area contributed by atoms with Gasteiger partial charge in [0.2, 0.25) is 0 Å². The molecule has 0 bridgehead atoms. The van der Waals surface area contributed by atoms with Gasteiger partial charge in [-0.3, -0.25) is 14.5 Å². The van der Waals surface area contributed by atoms with E-state index >= 15 is 0 Å². The average molecular weight is 611 g/mol. The predicted molar refractivity (Wildman–Crippen MR) is 165 cm³/mol. The molecule has 1 aromatic carbocycles. The number of likely N-dealkylation sites (tertiary alicyclic amines) is 3. The van der Waals surface area contributed by atoms with Crippen molar-refractivity contribution in [1.29, 1.82) is 10.5 Å². The van der Waals surface area contributed by atoms with Crippen LogP contribution in [0.25, 0.3) is 11.1 Å². The van der Waals surface area contributed by atoms with Gasteiger partial charge in [0.15, 0.2) is 12.4 Å². The Kier molecular flexibility index (Phi) is 10.00. The van der Waals surface area contributed by atoms with E-state index in [0.717, 1.165) is 48.4 Å². The Balaban J connectivity index is 0.000000179. The summed E-state index contributed by atoms with van der Waals surface area (Å²) in [5.41, 5.74) is 3.35. The molecule has 2 atom stereocenters. The highest BCUT2D eigenvalue weighted by molar-refractivity contribution is 5.93. The molecule has 3 amide bonds. The van der Waals surface area contributed by atoms with Gasteiger partial charge in [-0.15, -0.1) is 0 Å². The van der Waals surface area contributed by atoms with E-state index in [-0.39, 0.29) is 30.1 Å². The van der Waals surface area contributed by atoms with Crippen molar-refractivity contribution < 1.29 is 14.3 Å². The summed E-state index contributed by atoms with van der Waals surface area (Å²) in [5.74, 6) is 0.640. The summed E-state index contributed by atoms with van der Waals surface area (Å²) in [5, 5.41) is 27.9. The van der Waals surface area contributed by atoms with Crippen LogP contribution < -0.4 is 15.4 Å². The summed E-state index contributed by atoms with van der Waals surface area (Å²) in [6.45, 7) is 8.61. The fraction of sp³-hybridized carbons (Fsp3) is 0.438. The van der Waals surface area contributed by atoms with Crippen molar-refractivity contribution in [3.05, 3.63) is 66.2 Å². The SMILES string of the molecule is CCn1cc(-c2cnc(C(=O)N[C@@H]3CCN(C#N)C3)cc2C)cn1.N#CN1CC[C@@H](NC(=O)N2CC(Oc3ccccc3)C2)C1. The van der Waals surface area contributed by atoms with Crippen LogP contribution in [0.5, 0.6) is 5.75 Å². The highest BCUT2D eigenvalue weighted by Gasteiger charge is 2.34. The second-order valence-electron chi connectivity index (χ2n) is 11.4. The average Bonchev–Trinajstić information content (AvgIpc) is 3.81. The lowest BCUT2D eigenvalue weighted by Gasteiger charge is -2.39. The quantitative estimate of drug-likeness (QED) is 0.384. The first-order chi connectivity index (χ1) is 21.8. The van der Waals surface area contributed by atoms with Gasteiger partial charge in [0.05, 0.1) is 25.3 Å². The van der Waals surface area contributed by atoms with Gasteiger partial charge in [-0.1, -0.05) is 18.2 Å². The van der Waals surface area contributed by atoms with Crippen molar-refractivity contribution in [3.8, 4) is 29.3 Å². The monoisotopic (exact) mass is 610 g/mol. The van der Waals surface area contributed by atoms with Crippen LogP contribution in [0.15, 0.2) is 55.0 Å². The van der Waals surface area contributed by atoms with Crippen LogP contribution in [0.4, 0.5) is 4.79 Å². The fourth-order valence-electron chi connectivity index (χ4n) is 5.49. The molecule has 3 saturated heterocycles. The van der Waals surface area contributed by atoms with Crippen molar-refractivity contribution in [3.63, 3.8) is 0 Å². The zero-order valence-corrected chi connectivity index (χ0v) is 25.6. The number of ether oxygens (including phenoxy) is 1. The van der Waals surface area contributed by atoms with Crippen LogP contribution in [-0.2, 0) is 6.54 Å². The lowest BCUT2D eigenvalue weighted by Crippen LogP contribution is -2.60. The summed E-state index contributed by atoms with van der Waals surface area (Å²) >= 11 is 0. The molecule has 0 saturated carbocycles. The molecule has 45 heavy (non-hydrogen) atoms. The Morgan fingerprint density at radius 3 is 2.22 bits per heavy atom. The molecular weight excluding hydrogens is 572 g/mol. The molecule has 3 fully saturated rings. The number of hydrogen-bond acceptors (Lipinski definition) is 9. The number of pyridine rings is 1. The van der Waals surface area contributed by atoms with E-state index in [1.54, 1.807) is 27.0 Å². The van der Waals surface area contributed by atoms with E-state index in [9.17, 15) is 9.59 Å². The number of benzene rings is 1. The van der Waals surface area contributed by atoms with E-state index in [2.05, 4.69) is 33.1 Å². The number of carbonyl (C=O) groups excluding carboxylic acids is 2. The molecule has 234 valence electrons. The molecule has 3 aromatic rings. The molecule has 0 radical (unpaired) electrons. The van der Waals surface area contributed by atoms with Gasteiger partial charge < -0.3 is 30.1 Å². The van der Waals surface area contributed by atoms with Crippen LogP contribution in [0.3, 0.4) is 0 Å². The Bertz CT molecular complexity index is 1560. The number of amides is 3. The molecule has 5 heterocycles. The van der Waals surface area contributed by atoms with Gasteiger partial charge in [-0.2, -0.15) is 15.6 Å². The maximum absolute atomic E-state index is 12.4. The first-order valence-electron chi connectivity index (χ1n) is 15.2. The molecule has 0 aliphatic carbocycles. The third kappa shape index (κ3) is 8.00. The topological polar surface area (TPSA) is 155 Å². The van der Waals surface area contributed by atoms with E-state index in [0.29, 0.717) is 38.4 Å². The smallest absolute Gasteiger partial charge is 0.317 e. The van der Waals surface area contributed by atoms with Gasteiger partial charge in [-0.05, 0) is 50.5 Å². The lowest BCUT2D eigenvalue weighted by atomic mass is 10.1. The predicted octanol–water partition coefficient (Wildman–Crippen LogP) is 2.57. The maximum Gasteiger partial charge on any atom is 0.317 e. The fourth-order valence-corrected chi connectivity index (χ4v) is 5.49. The van der Waals surface area contributed by atoms with E-state index in [1.807, 2.05) is 61.3 Å². The first kappa shape index (κ1) is 31.1. The minimum absolute atomic E-state index is 0.00159. The second kappa shape index (κ2) is 14.4. The summed E-state index contributed by atoms with van der Waals surface area (Å²) in [6.07, 6.45) is 11.4. The Morgan fingerprint density at radius 1 is 0.978 bits per heavy atom. The molecule has 2 N–H and O–H groups in total. The lowest BCUT2D eigenvalue weighted by molar-refractivity contribution is 0.0436. The maximum atomic E-state index is 12.4. The minimum Gasteiger partial charge on any atom is -0.487 e. The second-order valence-corrected chi connectivity index (χ2v) is 11.4. The van der Waals surface area contributed by atoms with Crippen LogP contribution >= 0.6 is 0 Å². The molecule has 13 heteroatoms. The summed E-state index contributed by atoms with van der Waals surface area (Å²) in [6, 6.07) is 11.4. The Morgan fingerprint density at radius 2 is 1.64 bits per heavy atom. The van der Waals surface area contributed by atoms with Crippen molar-refractivity contribution >= 4 is 11.9 Å². The third-order valence-corrected chi connectivity index (χ3v) is 8.12. The molecule has 3 aliphatic heterocycles. The normalized spacial score (nSPS) is 19.1. The summed E-state index contributed by atoms with van der Waals surface area (Å²) < 4.78 is 7.62. The van der Waals surface area contributed by atoms with Gasteiger partial charge >= 0.3 is 6.03 Å². The number of nitriles is 2. The minimum atomic E-state index is -0.196. The van der Waals surface area contributed by atoms with E-state index in [4.69, 9.17) is 15.3 Å². The zero-order chi connectivity index (χ0) is 31.8. The van der Waals surface area contributed by atoms with E-state index in [1.165, 1.54) is 0 Å². The van der Waals surface area contributed by atoms with Gasteiger partial charge in [-0.25, -0.2) is 4.79 Å². The number of aryl methyl sites for hydroxylation is 2. The summed E-state index contributed by atoms with van der Waals surface area (Å²) in [4.78, 5) is 33.7. The number of para-hydroxylation sites is 1. The number of nitrogens with one attached hydrogen (secondary N) is 2. The van der Waals surface area contributed by atoms with Crippen molar-refractivity contribution in [1.82, 2.24) is 40.1 Å².